The second-order valence-corrected chi connectivity index (χ2v) is 6.56. The van der Waals surface area contributed by atoms with Crippen molar-refractivity contribution in [1.29, 1.82) is 0 Å². The Morgan fingerprint density at radius 2 is 2.00 bits per heavy atom. The predicted octanol–water partition coefficient (Wildman–Crippen LogP) is 3.46. The van der Waals surface area contributed by atoms with Gasteiger partial charge in [-0.2, -0.15) is 0 Å². The van der Waals surface area contributed by atoms with Crippen molar-refractivity contribution in [2.45, 2.75) is 47.9 Å². The van der Waals surface area contributed by atoms with Gasteiger partial charge >= 0.3 is 0 Å². The molecule has 2 nitrogen and oxygen atoms in total. The summed E-state index contributed by atoms with van der Waals surface area (Å²) >= 11 is 1.99. The molecule has 0 bridgehead atoms. The minimum atomic E-state index is 0.254. The molecule has 1 spiro atoms. The first-order valence-corrected chi connectivity index (χ1v) is 7.30. The summed E-state index contributed by atoms with van der Waals surface area (Å²) in [5.74, 6) is 0. The van der Waals surface area contributed by atoms with Crippen LogP contribution in [0.1, 0.15) is 32.1 Å². The van der Waals surface area contributed by atoms with E-state index in [4.69, 9.17) is 10.5 Å². The van der Waals surface area contributed by atoms with Gasteiger partial charge in [0.1, 0.15) is 0 Å². The van der Waals surface area contributed by atoms with Gasteiger partial charge in [-0.1, -0.05) is 0 Å². The van der Waals surface area contributed by atoms with Crippen LogP contribution in [0.2, 0.25) is 0 Å². The quantitative estimate of drug-likeness (QED) is 0.815. The molecule has 3 heteroatoms. The number of nitrogens with two attached hydrogens (primary N) is 1. The van der Waals surface area contributed by atoms with Gasteiger partial charge in [0, 0.05) is 22.4 Å². The molecule has 3 rings (SSSR count). The number of anilines is 1. The van der Waals surface area contributed by atoms with E-state index in [1.54, 1.807) is 0 Å². The van der Waals surface area contributed by atoms with Gasteiger partial charge in [-0.15, -0.1) is 11.8 Å². The topological polar surface area (TPSA) is 35.2 Å². The molecule has 1 atom stereocenters. The molecule has 92 valence electrons. The van der Waals surface area contributed by atoms with Gasteiger partial charge in [0.15, 0.2) is 0 Å². The number of hydrogen-bond donors (Lipinski definition) is 1. The zero-order valence-corrected chi connectivity index (χ0v) is 10.8. The average molecular weight is 249 g/mol. The first-order valence-electron chi connectivity index (χ1n) is 6.42. The Balaban J connectivity index is 1.63. The summed E-state index contributed by atoms with van der Waals surface area (Å²) in [5.41, 5.74) is 6.80. The van der Waals surface area contributed by atoms with Crippen molar-refractivity contribution in [3.63, 3.8) is 0 Å². The Morgan fingerprint density at radius 1 is 1.24 bits per heavy atom. The fourth-order valence-corrected chi connectivity index (χ4v) is 4.02. The highest BCUT2D eigenvalue weighted by Gasteiger charge is 2.42. The summed E-state index contributed by atoms with van der Waals surface area (Å²) in [6.07, 6.45) is 6.29. The molecule has 0 radical (unpaired) electrons. The van der Waals surface area contributed by atoms with Gasteiger partial charge in [-0.05, 0) is 56.4 Å². The van der Waals surface area contributed by atoms with Crippen molar-refractivity contribution >= 4 is 17.4 Å². The molecule has 1 heterocycles. The molecule has 1 saturated heterocycles. The van der Waals surface area contributed by atoms with Crippen molar-refractivity contribution in [3.05, 3.63) is 24.3 Å². The molecule has 0 amide bonds. The maximum absolute atomic E-state index is 5.96. The van der Waals surface area contributed by atoms with E-state index in [1.165, 1.54) is 37.0 Å². The van der Waals surface area contributed by atoms with Crippen LogP contribution in [0, 0.1) is 0 Å². The molecule has 2 fully saturated rings. The largest absolute Gasteiger partial charge is 0.399 e. The summed E-state index contributed by atoms with van der Waals surface area (Å²) in [7, 11) is 0. The van der Waals surface area contributed by atoms with Crippen LogP contribution in [0.3, 0.4) is 0 Å². The molecule has 2 N–H and O–H groups in total. The normalized spacial score (nSPS) is 26.7. The molecular weight excluding hydrogens is 230 g/mol. The molecule has 1 aliphatic heterocycles. The Labute approximate surface area is 107 Å². The maximum atomic E-state index is 5.96. The van der Waals surface area contributed by atoms with Crippen LogP contribution in [0.5, 0.6) is 0 Å². The molecule has 1 unspecified atom stereocenters. The van der Waals surface area contributed by atoms with E-state index in [0.29, 0.717) is 5.25 Å². The van der Waals surface area contributed by atoms with E-state index in [1.807, 2.05) is 23.9 Å². The third-order valence-corrected chi connectivity index (χ3v) is 5.18. The fraction of sp³-hybridized carbons (Fsp3) is 0.571. The highest BCUT2D eigenvalue weighted by atomic mass is 32.2. The molecule has 1 aromatic carbocycles. The van der Waals surface area contributed by atoms with Gasteiger partial charge in [-0.25, -0.2) is 0 Å². The van der Waals surface area contributed by atoms with Crippen LogP contribution in [-0.2, 0) is 4.74 Å². The Bertz CT molecular complexity index is 386. The second-order valence-electron chi connectivity index (χ2n) is 5.19. The number of nitrogen functional groups attached to an aromatic ring is 1. The minimum Gasteiger partial charge on any atom is -0.399 e. The van der Waals surface area contributed by atoms with E-state index in [2.05, 4.69) is 12.1 Å². The third kappa shape index (κ3) is 2.45. The first-order chi connectivity index (χ1) is 8.26. The summed E-state index contributed by atoms with van der Waals surface area (Å²) in [4.78, 5) is 1.33. The Hall–Kier alpha value is -0.670. The summed E-state index contributed by atoms with van der Waals surface area (Å²) in [5, 5.41) is 0.715. The van der Waals surface area contributed by atoms with E-state index in [0.717, 1.165) is 12.3 Å². The van der Waals surface area contributed by atoms with Crippen LogP contribution < -0.4 is 5.73 Å². The smallest absolute Gasteiger partial charge is 0.0693 e. The van der Waals surface area contributed by atoms with Gasteiger partial charge in [0.2, 0.25) is 0 Å². The summed E-state index contributed by atoms with van der Waals surface area (Å²) in [6, 6.07) is 8.23. The summed E-state index contributed by atoms with van der Waals surface area (Å²) < 4.78 is 5.96. The lowest BCUT2D eigenvalue weighted by Gasteiger charge is -2.47. The SMILES string of the molecule is Nc1ccc(SC2CCOC3(CCC3)C2)cc1. The van der Waals surface area contributed by atoms with E-state index < -0.39 is 0 Å². The van der Waals surface area contributed by atoms with Crippen LogP contribution in [0.15, 0.2) is 29.2 Å². The van der Waals surface area contributed by atoms with Crippen molar-refractivity contribution in [2.75, 3.05) is 12.3 Å². The number of ether oxygens (including phenoxy) is 1. The molecular formula is C14H19NOS. The Morgan fingerprint density at radius 3 is 2.65 bits per heavy atom. The van der Waals surface area contributed by atoms with Gasteiger partial charge < -0.3 is 10.5 Å². The lowest BCUT2D eigenvalue weighted by molar-refractivity contribution is -0.125. The molecule has 17 heavy (non-hydrogen) atoms. The predicted molar refractivity (Wildman–Crippen MR) is 72.3 cm³/mol. The average Bonchev–Trinajstić information content (AvgIpc) is 2.31. The minimum absolute atomic E-state index is 0.254. The molecule has 1 saturated carbocycles. The van der Waals surface area contributed by atoms with Gasteiger partial charge in [0.05, 0.1) is 5.60 Å². The molecule has 2 aliphatic rings. The van der Waals surface area contributed by atoms with E-state index in [9.17, 15) is 0 Å². The van der Waals surface area contributed by atoms with E-state index in [-0.39, 0.29) is 5.60 Å². The molecule has 1 aromatic rings. The monoisotopic (exact) mass is 249 g/mol. The zero-order valence-electron chi connectivity index (χ0n) is 10.0. The highest BCUT2D eigenvalue weighted by Crippen LogP contribution is 2.46. The van der Waals surface area contributed by atoms with Crippen LogP contribution in [-0.4, -0.2) is 17.5 Å². The number of rotatable bonds is 2. The standard InChI is InChI=1S/C14H19NOS/c15-11-2-4-12(5-3-11)17-13-6-9-16-14(10-13)7-1-8-14/h2-5,13H,1,6-10,15H2. The number of thioether (sulfide) groups is 1. The molecule has 0 aromatic heterocycles. The summed E-state index contributed by atoms with van der Waals surface area (Å²) in [6.45, 7) is 0.937. The number of hydrogen-bond acceptors (Lipinski definition) is 3. The van der Waals surface area contributed by atoms with Crippen molar-refractivity contribution in [2.24, 2.45) is 0 Å². The van der Waals surface area contributed by atoms with Crippen LogP contribution in [0.25, 0.3) is 0 Å². The van der Waals surface area contributed by atoms with Gasteiger partial charge in [0.25, 0.3) is 0 Å². The lowest BCUT2D eigenvalue weighted by atomic mass is 9.75. The first kappa shape index (κ1) is 11.4. The van der Waals surface area contributed by atoms with Crippen molar-refractivity contribution < 1.29 is 4.74 Å². The lowest BCUT2D eigenvalue weighted by Crippen LogP contribution is -2.46. The van der Waals surface area contributed by atoms with Crippen LogP contribution >= 0.6 is 11.8 Å². The maximum Gasteiger partial charge on any atom is 0.0693 e. The van der Waals surface area contributed by atoms with E-state index >= 15 is 0 Å². The highest BCUT2D eigenvalue weighted by molar-refractivity contribution is 8.00. The van der Waals surface area contributed by atoms with Gasteiger partial charge in [-0.3, -0.25) is 0 Å². The zero-order chi connectivity index (χ0) is 11.7. The fourth-order valence-electron chi connectivity index (χ4n) is 2.74. The molecule has 1 aliphatic carbocycles. The van der Waals surface area contributed by atoms with Crippen LogP contribution in [0.4, 0.5) is 5.69 Å². The van der Waals surface area contributed by atoms with Crippen molar-refractivity contribution in [1.82, 2.24) is 0 Å². The Kier molecular flexibility index (Phi) is 3.05. The van der Waals surface area contributed by atoms with Crippen molar-refractivity contribution in [3.8, 4) is 0 Å². The second kappa shape index (κ2) is 4.54. The third-order valence-electron chi connectivity index (χ3n) is 3.90. The number of benzene rings is 1.